The summed E-state index contributed by atoms with van der Waals surface area (Å²) in [5.74, 6) is 2.45. The zero-order valence-corrected chi connectivity index (χ0v) is 8.21. The van der Waals surface area contributed by atoms with Crippen LogP contribution in [0.25, 0.3) is 0 Å². The molecule has 0 radical (unpaired) electrons. The van der Waals surface area contributed by atoms with E-state index in [2.05, 4.69) is 25.1 Å². The van der Waals surface area contributed by atoms with Gasteiger partial charge in [0, 0.05) is 25.2 Å². The molecule has 1 heterocycles. The zero-order valence-electron chi connectivity index (χ0n) is 8.21. The van der Waals surface area contributed by atoms with Crippen molar-refractivity contribution in [3.05, 3.63) is 0 Å². The van der Waals surface area contributed by atoms with Crippen molar-refractivity contribution in [1.82, 2.24) is 10.2 Å². The molecule has 1 aliphatic heterocycles. The molecule has 0 spiro atoms. The van der Waals surface area contributed by atoms with Crippen LogP contribution in [-0.2, 0) is 4.79 Å². The molecule has 72 valence electrons. The monoisotopic (exact) mass is 180 g/mol. The lowest BCUT2D eigenvalue weighted by molar-refractivity contribution is -0.131. The Balaban J connectivity index is 2.50. The van der Waals surface area contributed by atoms with Crippen LogP contribution in [-0.4, -0.2) is 36.0 Å². The van der Waals surface area contributed by atoms with Crippen LogP contribution in [0.1, 0.15) is 20.3 Å². The number of hydrogen-bond acceptors (Lipinski definition) is 2. The van der Waals surface area contributed by atoms with Gasteiger partial charge in [0.15, 0.2) is 0 Å². The topological polar surface area (TPSA) is 32.3 Å². The Labute approximate surface area is 79.5 Å². The summed E-state index contributed by atoms with van der Waals surface area (Å²) in [6, 6.07) is 0.732. The van der Waals surface area contributed by atoms with Gasteiger partial charge in [-0.25, -0.2) is 0 Å². The molecule has 0 aromatic heterocycles. The summed E-state index contributed by atoms with van der Waals surface area (Å²) in [6.45, 7) is 5.69. The van der Waals surface area contributed by atoms with Crippen LogP contribution in [0.4, 0.5) is 0 Å². The maximum absolute atomic E-state index is 11.4. The summed E-state index contributed by atoms with van der Waals surface area (Å²) in [4.78, 5) is 13.3. The molecule has 0 aliphatic carbocycles. The first-order valence-electron chi connectivity index (χ1n) is 4.60. The molecule has 3 nitrogen and oxygen atoms in total. The molecule has 1 aliphatic rings. The SMILES string of the molecule is C#CCC(=O)N1CC(C)NC(C)C1. The number of nitrogens with one attached hydrogen (secondary N) is 1. The Bertz CT molecular complexity index is 222. The number of rotatable bonds is 1. The average molecular weight is 180 g/mol. The average Bonchev–Trinajstić information content (AvgIpc) is 2.03. The lowest BCUT2D eigenvalue weighted by atomic mass is 10.1. The van der Waals surface area contributed by atoms with Crippen LogP contribution < -0.4 is 5.32 Å². The van der Waals surface area contributed by atoms with Crippen LogP contribution in [0.3, 0.4) is 0 Å². The van der Waals surface area contributed by atoms with Crippen molar-refractivity contribution in [3.8, 4) is 12.3 Å². The van der Waals surface area contributed by atoms with E-state index in [0.29, 0.717) is 12.1 Å². The highest BCUT2D eigenvalue weighted by Gasteiger charge is 2.23. The second kappa shape index (κ2) is 4.29. The summed E-state index contributed by atoms with van der Waals surface area (Å²) < 4.78 is 0. The third kappa shape index (κ3) is 2.74. The highest BCUT2D eigenvalue weighted by molar-refractivity contribution is 5.78. The summed E-state index contributed by atoms with van der Waals surface area (Å²) in [5, 5.41) is 3.36. The van der Waals surface area contributed by atoms with Crippen molar-refractivity contribution < 1.29 is 4.79 Å². The highest BCUT2D eigenvalue weighted by Crippen LogP contribution is 2.05. The number of amides is 1. The van der Waals surface area contributed by atoms with Crippen LogP contribution in [0, 0.1) is 12.3 Å². The van der Waals surface area contributed by atoms with Gasteiger partial charge >= 0.3 is 0 Å². The quantitative estimate of drug-likeness (QED) is 0.585. The molecular weight excluding hydrogens is 164 g/mol. The predicted molar refractivity (Wildman–Crippen MR) is 52.1 cm³/mol. The second-order valence-electron chi connectivity index (χ2n) is 3.65. The standard InChI is InChI=1S/C10H16N2O/c1-4-5-10(13)12-6-8(2)11-9(3)7-12/h1,8-9,11H,5-7H2,2-3H3. The number of nitrogens with zero attached hydrogens (tertiary/aromatic N) is 1. The molecule has 2 atom stereocenters. The minimum Gasteiger partial charge on any atom is -0.339 e. The van der Waals surface area contributed by atoms with Crippen molar-refractivity contribution >= 4 is 5.91 Å². The zero-order chi connectivity index (χ0) is 9.84. The molecule has 1 N–H and O–H groups in total. The van der Waals surface area contributed by atoms with Gasteiger partial charge in [-0.2, -0.15) is 0 Å². The van der Waals surface area contributed by atoms with E-state index in [0.717, 1.165) is 13.1 Å². The van der Waals surface area contributed by atoms with Gasteiger partial charge in [-0.05, 0) is 13.8 Å². The number of piperazine rings is 1. The fourth-order valence-corrected chi connectivity index (χ4v) is 1.73. The lowest BCUT2D eigenvalue weighted by Crippen LogP contribution is -2.55. The van der Waals surface area contributed by atoms with Gasteiger partial charge in [-0.3, -0.25) is 4.79 Å². The third-order valence-corrected chi connectivity index (χ3v) is 2.16. The molecular formula is C10H16N2O. The lowest BCUT2D eigenvalue weighted by Gasteiger charge is -2.35. The molecule has 1 amide bonds. The second-order valence-corrected chi connectivity index (χ2v) is 3.65. The van der Waals surface area contributed by atoms with E-state index < -0.39 is 0 Å². The smallest absolute Gasteiger partial charge is 0.234 e. The summed E-state index contributed by atoms with van der Waals surface area (Å²) in [6.07, 6.45) is 5.31. The predicted octanol–water partition coefficient (Wildman–Crippen LogP) is 0.218. The minimum atomic E-state index is 0.0719. The van der Waals surface area contributed by atoms with Crippen molar-refractivity contribution in [2.75, 3.05) is 13.1 Å². The summed E-state index contributed by atoms with van der Waals surface area (Å²) >= 11 is 0. The fraction of sp³-hybridized carbons (Fsp3) is 0.700. The summed E-state index contributed by atoms with van der Waals surface area (Å²) in [5.41, 5.74) is 0. The third-order valence-electron chi connectivity index (χ3n) is 2.16. The minimum absolute atomic E-state index is 0.0719. The molecule has 0 saturated carbocycles. The highest BCUT2D eigenvalue weighted by atomic mass is 16.2. The Kier molecular flexibility index (Phi) is 3.32. The molecule has 1 rings (SSSR count). The van der Waals surface area contributed by atoms with Crippen molar-refractivity contribution in [2.24, 2.45) is 0 Å². The molecule has 0 aromatic carbocycles. The van der Waals surface area contributed by atoms with E-state index in [1.165, 1.54) is 0 Å². The maximum atomic E-state index is 11.4. The number of carbonyl (C=O) groups excluding carboxylic acids is 1. The summed E-state index contributed by atoms with van der Waals surface area (Å²) in [7, 11) is 0. The van der Waals surface area contributed by atoms with Gasteiger partial charge in [-0.1, -0.05) is 5.92 Å². The number of carbonyl (C=O) groups is 1. The molecule has 0 aromatic rings. The van der Waals surface area contributed by atoms with Gasteiger partial charge in [0.05, 0.1) is 6.42 Å². The first-order valence-corrected chi connectivity index (χ1v) is 4.60. The van der Waals surface area contributed by atoms with E-state index in [9.17, 15) is 4.79 Å². The van der Waals surface area contributed by atoms with Crippen molar-refractivity contribution in [2.45, 2.75) is 32.4 Å². The van der Waals surface area contributed by atoms with Gasteiger partial charge in [0.25, 0.3) is 0 Å². The molecule has 0 bridgehead atoms. The fourth-order valence-electron chi connectivity index (χ4n) is 1.73. The first kappa shape index (κ1) is 10.1. The van der Waals surface area contributed by atoms with Crippen LogP contribution in [0.15, 0.2) is 0 Å². The largest absolute Gasteiger partial charge is 0.339 e. The molecule has 13 heavy (non-hydrogen) atoms. The normalized spacial score (nSPS) is 28.2. The van der Waals surface area contributed by atoms with Gasteiger partial charge in [-0.15, -0.1) is 6.42 Å². The van der Waals surface area contributed by atoms with Gasteiger partial charge in [0.2, 0.25) is 5.91 Å². The Morgan fingerprint density at radius 3 is 2.54 bits per heavy atom. The van der Waals surface area contributed by atoms with Crippen LogP contribution in [0.5, 0.6) is 0 Å². The van der Waals surface area contributed by atoms with Crippen molar-refractivity contribution in [1.29, 1.82) is 0 Å². The van der Waals surface area contributed by atoms with E-state index in [-0.39, 0.29) is 12.3 Å². The van der Waals surface area contributed by atoms with E-state index in [1.54, 1.807) is 0 Å². The number of terminal acetylenes is 1. The number of hydrogen-bond donors (Lipinski definition) is 1. The Hall–Kier alpha value is -1.01. The molecule has 3 heteroatoms. The van der Waals surface area contributed by atoms with Gasteiger partial charge < -0.3 is 10.2 Å². The van der Waals surface area contributed by atoms with E-state index in [1.807, 2.05) is 4.90 Å². The molecule has 2 unspecified atom stereocenters. The maximum Gasteiger partial charge on any atom is 0.234 e. The Morgan fingerprint density at radius 1 is 1.54 bits per heavy atom. The van der Waals surface area contributed by atoms with Crippen molar-refractivity contribution in [3.63, 3.8) is 0 Å². The molecule has 1 saturated heterocycles. The van der Waals surface area contributed by atoms with E-state index >= 15 is 0 Å². The van der Waals surface area contributed by atoms with Crippen LogP contribution in [0.2, 0.25) is 0 Å². The van der Waals surface area contributed by atoms with E-state index in [4.69, 9.17) is 6.42 Å². The first-order chi connectivity index (χ1) is 6.13. The van der Waals surface area contributed by atoms with Gasteiger partial charge in [0.1, 0.15) is 0 Å². The molecule has 1 fully saturated rings. The Morgan fingerprint density at radius 2 is 2.08 bits per heavy atom. The van der Waals surface area contributed by atoms with Crippen LogP contribution >= 0.6 is 0 Å².